The number of thiophene rings is 1. The van der Waals surface area contributed by atoms with Gasteiger partial charge in [0.05, 0.1) is 11.3 Å². The van der Waals surface area contributed by atoms with Crippen molar-refractivity contribution >= 4 is 33.8 Å². The predicted molar refractivity (Wildman–Crippen MR) is 60.3 cm³/mol. The van der Waals surface area contributed by atoms with Crippen LogP contribution >= 0.6 is 11.3 Å². The lowest BCUT2D eigenvalue weighted by molar-refractivity contribution is -0.115. The fourth-order valence-corrected chi connectivity index (χ4v) is 2.15. The van der Waals surface area contributed by atoms with Crippen molar-refractivity contribution in [3.8, 4) is 0 Å². The van der Waals surface area contributed by atoms with Crippen LogP contribution in [0.4, 0.5) is 23.9 Å². The number of nitrogen functional groups attached to an aromatic ring is 1. The first kappa shape index (κ1) is 14.1. The molecule has 0 saturated carbocycles. The van der Waals surface area contributed by atoms with E-state index < -0.39 is 24.5 Å². The summed E-state index contributed by atoms with van der Waals surface area (Å²) in [5.41, 5.74) is 14.7. The van der Waals surface area contributed by atoms with Gasteiger partial charge in [-0.2, -0.15) is 13.2 Å². The summed E-state index contributed by atoms with van der Waals surface area (Å²) in [6.45, 7) is -1.38. The Hall–Kier alpha value is -1.97. The van der Waals surface area contributed by atoms with E-state index in [4.69, 9.17) is 17.2 Å². The molecule has 1 aromatic rings. The molecule has 2 amide bonds. The largest absolute Gasteiger partial charge is 0.405 e. The number of nitrogens with one attached hydrogen (secondary N) is 1. The molecule has 0 aliphatic heterocycles. The molecule has 0 atom stereocenters. The van der Waals surface area contributed by atoms with Gasteiger partial charge in [-0.3, -0.25) is 9.59 Å². The van der Waals surface area contributed by atoms with Crippen molar-refractivity contribution in [2.45, 2.75) is 6.18 Å². The highest BCUT2D eigenvalue weighted by Gasteiger charge is 2.29. The predicted octanol–water partition coefficient (Wildman–Crippen LogP) is 0.502. The Morgan fingerprint density at radius 2 is 1.78 bits per heavy atom. The highest BCUT2D eigenvalue weighted by atomic mass is 32.1. The number of alkyl halides is 3. The summed E-state index contributed by atoms with van der Waals surface area (Å²) < 4.78 is 36.1. The molecule has 1 aromatic heterocycles. The summed E-state index contributed by atoms with van der Waals surface area (Å²) in [7, 11) is 0. The molecule has 0 fully saturated rings. The second kappa shape index (κ2) is 4.72. The Balaban J connectivity index is 3.14. The van der Waals surface area contributed by atoms with Crippen molar-refractivity contribution in [1.82, 2.24) is 0 Å². The van der Waals surface area contributed by atoms with Gasteiger partial charge >= 0.3 is 6.18 Å². The third kappa shape index (κ3) is 3.03. The van der Waals surface area contributed by atoms with E-state index in [1.54, 1.807) is 0 Å². The number of carbonyl (C=O) groups excluding carboxylic acids is 2. The number of halogens is 3. The summed E-state index contributed by atoms with van der Waals surface area (Å²) in [5, 5.41) is 1.73. The summed E-state index contributed by atoms with van der Waals surface area (Å²) >= 11 is 0.552. The number of anilines is 2. The maximum absolute atomic E-state index is 12.0. The number of primary amides is 2. The lowest BCUT2D eigenvalue weighted by Gasteiger charge is -2.08. The molecule has 1 heterocycles. The standard InChI is InChI=1S/C8H9F3N4O2S/c9-8(10,11)1-15-7-2(5(13)16)3(12)4(18-7)6(14)17/h15H,1,12H2,(H2,13,16)(H2,14,17). The zero-order valence-corrected chi connectivity index (χ0v) is 9.61. The van der Waals surface area contributed by atoms with Crippen LogP contribution in [0.2, 0.25) is 0 Å². The molecule has 7 N–H and O–H groups in total. The molecule has 100 valence electrons. The van der Waals surface area contributed by atoms with E-state index in [-0.39, 0.29) is 21.1 Å². The van der Waals surface area contributed by atoms with Gasteiger partial charge in [0, 0.05) is 0 Å². The molecular weight excluding hydrogens is 273 g/mol. The topological polar surface area (TPSA) is 124 Å². The van der Waals surface area contributed by atoms with Crippen LogP contribution in [-0.4, -0.2) is 24.5 Å². The van der Waals surface area contributed by atoms with Crippen LogP contribution in [0.3, 0.4) is 0 Å². The van der Waals surface area contributed by atoms with Crippen LogP contribution in [0.5, 0.6) is 0 Å². The van der Waals surface area contributed by atoms with E-state index in [1.165, 1.54) is 0 Å². The lowest BCUT2D eigenvalue weighted by Crippen LogP contribution is -2.22. The minimum Gasteiger partial charge on any atom is -0.397 e. The third-order valence-electron chi connectivity index (χ3n) is 1.86. The van der Waals surface area contributed by atoms with Gasteiger partial charge in [0.15, 0.2) is 0 Å². The van der Waals surface area contributed by atoms with Crippen LogP contribution in [0.1, 0.15) is 20.0 Å². The molecule has 0 radical (unpaired) electrons. The maximum Gasteiger partial charge on any atom is 0.405 e. The normalized spacial score (nSPS) is 11.3. The maximum atomic E-state index is 12.0. The van der Waals surface area contributed by atoms with E-state index in [2.05, 4.69) is 0 Å². The average molecular weight is 282 g/mol. The highest BCUT2D eigenvalue weighted by Crippen LogP contribution is 2.35. The summed E-state index contributed by atoms with van der Waals surface area (Å²) in [6, 6.07) is 0. The molecule has 0 bridgehead atoms. The SMILES string of the molecule is NC(=O)c1sc(NCC(F)(F)F)c(C(N)=O)c1N. The Labute approximate surface area is 103 Å². The van der Waals surface area contributed by atoms with Crippen LogP contribution in [-0.2, 0) is 0 Å². The van der Waals surface area contributed by atoms with Gasteiger partial charge in [-0.25, -0.2) is 0 Å². The summed E-state index contributed by atoms with van der Waals surface area (Å²) in [4.78, 5) is 21.8. The zero-order valence-electron chi connectivity index (χ0n) is 8.80. The zero-order chi connectivity index (χ0) is 14.1. The van der Waals surface area contributed by atoms with Crippen molar-refractivity contribution in [3.05, 3.63) is 10.4 Å². The van der Waals surface area contributed by atoms with E-state index in [0.717, 1.165) is 0 Å². The molecule has 0 aliphatic carbocycles. The second-order valence-corrected chi connectivity index (χ2v) is 4.27. The van der Waals surface area contributed by atoms with Gasteiger partial charge in [0.25, 0.3) is 11.8 Å². The number of hydrogen-bond donors (Lipinski definition) is 4. The summed E-state index contributed by atoms with van der Waals surface area (Å²) in [5.74, 6) is -1.99. The first-order valence-electron chi connectivity index (χ1n) is 4.46. The molecule has 10 heteroatoms. The quantitative estimate of drug-likeness (QED) is 0.641. The van der Waals surface area contributed by atoms with Gasteiger partial charge < -0.3 is 22.5 Å². The molecule has 0 aromatic carbocycles. The monoisotopic (exact) mass is 282 g/mol. The second-order valence-electron chi connectivity index (χ2n) is 3.25. The van der Waals surface area contributed by atoms with Gasteiger partial charge in [0.1, 0.15) is 16.4 Å². The number of nitrogens with two attached hydrogens (primary N) is 3. The highest BCUT2D eigenvalue weighted by molar-refractivity contribution is 7.19. The molecule has 0 spiro atoms. The number of carbonyl (C=O) groups is 2. The van der Waals surface area contributed by atoms with Crippen molar-refractivity contribution < 1.29 is 22.8 Å². The van der Waals surface area contributed by atoms with Crippen LogP contribution < -0.4 is 22.5 Å². The van der Waals surface area contributed by atoms with Gasteiger partial charge in [-0.05, 0) is 0 Å². The van der Waals surface area contributed by atoms with Gasteiger partial charge in [0.2, 0.25) is 0 Å². The molecule has 18 heavy (non-hydrogen) atoms. The molecule has 0 unspecified atom stereocenters. The van der Waals surface area contributed by atoms with E-state index in [1.807, 2.05) is 5.32 Å². The fraction of sp³-hybridized carbons (Fsp3) is 0.250. The molecule has 6 nitrogen and oxygen atoms in total. The minimum absolute atomic E-state index is 0.214. The molecule has 0 saturated heterocycles. The summed E-state index contributed by atoms with van der Waals surface area (Å²) in [6.07, 6.45) is -4.49. The first-order valence-corrected chi connectivity index (χ1v) is 5.27. The van der Waals surface area contributed by atoms with Crippen molar-refractivity contribution in [2.24, 2.45) is 11.5 Å². The van der Waals surface area contributed by atoms with E-state index in [0.29, 0.717) is 11.3 Å². The van der Waals surface area contributed by atoms with E-state index in [9.17, 15) is 22.8 Å². The van der Waals surface area contributed by atoms with Crippen LogP contribution in [0, 0.1) is 0 Å². The smallest absolute Gasteiger partial charge is 0.397 e. The Morgan fingerprint density at radius 3 is 2.17 bits per heavy atom. The van der Waals surface area contributed by atoms with Crippen LogP contribution in [0.25, 0.3) is 0 Å². The number of hydrogen-bond acceptors (Lipinski definition) is 5. The Morgan fingerprint density at radius 1 is 1.22 bits per heavy atom. The van der Waals surface area contributed by atoms with E-state index >= 15 is 0 Å². The number of amides is 2. The van der Waals surface area contributed by atoms with Gasteiger partial charge in [-0.15, -0.1) is 11.3 Å². The van der Waals surface area contributed by atoms with Crippen molar-refractivity contribution in [3.63, 3.8) is 0 Å². The van der Waals surface area contributed by atoms with Crippen molar-refractivity contribution in [2.75, 3.05) is 17.6 Å². The lowest BCUT2D eigenvalue weighted by atomic mass is 10.2. The van der Waals surface area contributed by atoms with Gasteiger partial charge in [-0.1, -0.05) is 0 Å². The molecule has 0 aliphatic rings. The average Bonchev–Trinajstić information content (AvgIpc) is 2.51. The third-order valence-corrected chi connectivity index (χ3v) is 3.04. The number of rotatable bonds is 4. The first-order chi connectivity index (χ1) is 8.13. The van der Waals surface area contributed by atoms with Crippen molar-refractivity contribution in [1.29, 1.82) is 0 Å². The van der Waals surface area contributed by atoms with Crippen LogP contribution in [0.15, 0.2) is 0 Å². The Bertz CT molecular complexity index is 497. The molecular formula is C8H9F3N4O2S. The Kier molecular flexibility index (Phi) is 3.70. The minimum atomic E-state index is -4.49. The fourth-order valence-electron chi connectivity index (χ4n) is 1.18. The molecule has 1 rings (SSSR count).